The molecule has 0 aliphatic carbocycles. The van der Waals surface area contributed by atoms with Crippen LogP contribution in [0.1, 0.15) is 19.3 Å². The Hall–Kier alpha value is -2.10. The van der Waals surface area contributed by atoms with E-state index < -0.39 is 0 Å². The van der Waals surface area contributed by atoms with E-state index >= 15 is 0 Å². The van der Waals surface area contributed by atoms with Crippen LogP contribution in [0.15, 0.2) is 36.4 Å². The van der Waals surface area contributed by atoms with Crippen molar-refractivity contribution in [2.45, 2.75) is 19.3 Å². The molecular weight excluding hydrogens is 250 g/mol. The maximum atomic E-state index is 11.1. The molecule has 1 aliphatic rings. The molecule has 0 bridgehead atoms. The van der Waals surface area contributed by atoms with Gasteiger partial charge in [0.05, 0.1) is 5.52 Å². The minimum atomic E-state index is -0.205. The van der Waals surface area contributed by atoms with Crippen molar-refractivity contribution in [3.63, 3.8) is 0 Å². The average molecular weight is 269 g/mol. The van der Waals surface area contributed by atoms with Crippen molar-refractivity contribution in [2.24, 2.45) is 11.7 Å². The lowest BCUT2D eigenvalue weighted by molar-refractivity contribution is -0.118. The molecule has 1 aromatic heterocycles. The topological polar surface area (TPSA) is 59.2 Å². The number of aromatic nitrogens is 1. The SMILES string of the molecule is NC(=O)CC1CCCN(c2ccc3ccccc3n2)C1. The molecule has 1 unspecified atom stereocenters. The number of piperidine rings is 1. The zero-order chi connectivity index (χ0) is 13.9. The van der Waals surface area contributed by atoms with Crippen LogP contribution in [-0.2, 0) is 4.79 Å². The van der Waals surface area contributed by atoms with Crippen molar-refractivity contribution in [2.75, 3.05) is 18.0 Å². The second kappa shape index (κ2) is 5.49. The van der Waals surface area contributed by atoms with E-state index in [0.29, 0.717) is 12.3 Å². The summed E-state index contributed by atoms with van der Waals surface area (Å²) < 4.78 is 0. The first kappa shape index (κ1) is 12.9. The quantitative estimate of drug-likeness (QED) is 0.930. The van der Waals surface area contributed by atoms with Crippen molar-refractivity contribution in [1.82, 2.24) is 4.98 Å². The number of hydrogen-bond acceptors (Lipinski definition) is 3. The Kier molecular flexibility index (Phi) is 3.54. The van der Waals surface area contributed by atoms with Gasteiger partial charge in [-0.25, -0.2) is 4.98 Å². The van der Waals surface area contributed by atoms with Gasteiger partial charge < -0.3 is 10.6 Å². The number of nitrogens with two attached hydrogens (primary N) is 1. The second-order valence-electron chi connectivity index (χ2n) is 5.49. The highest BCUT2D eigenvalue weighted by Crippen LogP contribution is 2.25. The number of fused-ring (bicyclic) bond motifs is 1. The summed E-state index contributed by atoms with van der Waals surface area (Å²) in [5, 5.41) is 1.15. The minimum Gasteiger partial charge on any atom is -0.370 e. The lowest BCUT2D eigenvalue weighted by Gasteiger charge is -2.33. The Bertz CT molecular complexity index is 626. The summed E-state index contributed by atoms with van der Waals surface area (Å²) in [5.74, 6) is 1.15. The van der Waals surface area contributed by atoms with Crippen LogP contribution in [-0.4, -0.2) is 24.0 Å². The Morgan fingerprint density at radius 1 is 1.30 bits per heavy atom. The monoisotopic (exact) mass is 269 g/mol. The van der Waals surface area contributed by atoms with Crippen LogP contribution in [0.3, 0.4) is 0 Å². The number of anilines is 1. The van der Waals surface area contributed by atoms with Gasteiger partial charge in [-0.15, -0.1) is 0 Å². The number of carbonyl (C=O) groups excluding carboxylic acids is 1. The van der Waals surface area contributed by atoms with Crippen LogP contribution in [0.25, 0.3) is 10.9 Å². The van der Waals surface area contributed by atoms with E-state index in [2.05, 4.69) is 23.1 Å². The van der Waals surface area contributed by atoms with E-state index in [9.17, 15) is 4.79 Å². The molecule has 3 rings (SSSR count). The molecule has 104 valence electrons. The molecule has 4 nitrogen and oxygen atoms in total. The van der Waals surface area contributed by atoms with Crippen molar-refractivity contribution >= 4 is 22.6 Å². The minimum absolute atomic E-state index is 0.205. The van der Waals surface area contributed by atoms with Gasteiger partial charge >= 0.3 is 0 Å². The third-order valence-corrected chi connectivity index (χ3v) is 3.92. The van der Waals surface area contributed by atoms with Gasteiger partial charge in [0, 0.05) is 24.9 Å². The summed E-state index contributed by atoms with van der Waals surface area (Å²) in [4.78, 5) is 18.1. The Morgan fingerprint density at radius 3 is 3.00 bits per heavy atom. The number of para-hydroxylation sites is 1. The lowest BCUT2D eigenvalue weighted by Crippen LogP contribution is -2.37. The van der Waals surface area contributed by atoms with Gasteiger partial charge in [-0.3, -0.25) is 4.79 Å². The van der Waals surface area contributed by atoms with Gasteiger partial charge in [0.1, 0.15) is 5.82 Å². The molecule has 2 aromatic rings. The summed E-state index contributed by atoms with van der Waals surface area (Å²) in [5.41, 5.74) is 6.32. The van der Waals surface area contributed by atoms with Gasteiger partial charge in [0.25, 0.3) is 0 Å². The standard InChI is InChI=1S/C16H19N3O/c17-15(20)10-12-4-3-9-19(11-12)16-8-7-13-5-1-2-6-14(13)18-16/h1-2,5-8,12H,3-4,9-11H2,(H2,17,20). The predicted molar refractivity (Wildman–Crippen MR) is 80.5 cm³/mol. The molecular formula is C16H19N3O. The number of primary amides is 1. The molecule has 2 heterocycles. The molecule has 1 atom stereocenters. The average Bonchev–Trinajstić information content (AvgIpc) is 2.46. The fourth-order valence-electron chi connectivity index (χ4n) is 2.96. The molecule has 20 heavy (non-hydrogen) atoms. The molecule has 1 saturated heterocycles. The zero-order valence-electron chi connectivity index (χ0n) is 11.5. The number of pyridine rings is 1. The number of carbonyl (C=O) groups is 1. The molecule has 1 aliphatic heterocycles. The molecule has 0 spiro atoms. The largest absolute Gasteiger partial charge is 0.370 e. The molecule has 0 radical (unpaired) electrons. The first-order chi connectivity index (χ1) is 9.72. The number of amides is 1. The third kappa shape index (κ3) is 2.74. The first-order valence-electron chi connectivity index (χ1n) is 7.11. The molecule has 4 heteroatoms. The highest BCUT2D eigenvalue weighted by Gasteiger charge is 2.22. The fraction of sp³-hybridized carbons (Fsp3) is 0.375. The zero-order valence-corrected chi connectivity index (χ0v) is 11.5. The molecule has 1 fully saturated rings. The van der Waals surface area contributed by atoms with Crippen LogP contribution < -0.4 is 10.6 Å². The summed E-state index contributed by atoms with van der Waals surface area (Å²) in [6.07, 6.45) is 2.64. The number of rotatable bonds is 3. The van der Waals surface area contributed by atoms with E-state index in [1.54, 1.807) is 0 Å². The summed E-state index contributed by atoms with van der Waals surface area (Å²) in [7, 11) is 0. The Labute approximate surface area is 118 Å². The smallest absolute Gasteiger partial charge is 0.217 e. The van der Waals surface area contributed by atoms with Crippen molar-refractivity contribution < 1.29 is 4.79 Å². The molecule has 0 saturated carbocycles. The number of hydrogen-bond donors (Lipinski definition) is 1. The van der Waals surface area contributed by atoms with Crippen molar-refractivity contribution in [3.8, 4) is 0 Å². The fourth-order valence-corrected chi connectivity index (χ4v) is 2.96. The van der Waals surface area contributed by atoms with Gasteiger partial charge in [-0.05, 0) is 37.0 Å². The summed E-state index contributed by atoms with van der Waals surface area (Å²) in [6.45, 7) is 1.87. The highest BCUT2D eigenvalue weighted by atomic mass is 16.1. The third-order valence-electron chi connectivity index (χ3n) is 3.92. The van der Waals surface area contributed by atoms with Crippen LogP contribution in [0.4, 0.5) is 5.82 Å². The lowest BCUT2D eigenvalue weighted by atomic mass is 9.94. The molecule has 1 amide bonds. The molecule has 2 N–H and O–H groups in total. The van der Waals surface area contributed by atoms with Crippen LogP contribution in [0, 0.1) is 5.92 Å². The second-order valence-corrected chi connectivity index (χ2v) is 5.49. The van der Waals surface area contributed by atoms with E-state index in [4.69, 9.17) is 10.7 Å². The van der Waals surface area contributed by atoms with E-state index in [1.807, 2.05) is 18.2 Å². The highest BCUT2D eigenvalue weighted by molar-refractivity contribution is 5.80. The summed E-state index contributed by atoms with van der Waals surface area (Å²) in [6, 6.07) is 12.3. The Morgan fingerprint density at radius 2 is 2.15 bits per heavy atom. The van der Waals surface area contributed by atoms with Crippen molar-refractivity contribution in [3.05, 3.63) is 36.4 Å². The van der Waals surface area contributed by atoms with Crippen LogP contribution in [0.5, 0.6) is 0 Å². The van der Waals surface area contributed by atoms with Gasteiger partial charge in [0.15, 0.2) is 0 Å². The van der Waals surface area contributed by atoms with E-state index in [1.165, 1.54) is 0 Å². The van der Waals surface area contributed by atoms with E-state index in [0.717, 1.165) is 42.7 Å². The number of benzene rings is 1. The van der Waals surface area contributed by atoms with Crippen LogP contribution >= 0.6 is 0 Å². The van der Waals surface area contributed by atoms with Gasteiger partial charge in [-0.1, -0.05) is 18.2 Å². The first-order valence-corrected chi connectivity index (χ1v) is 7.11. The van der Waals surface area contributed by atoms with Crippen molar-refractivity contribution in [1.29, 1.82) is 0 Å². The molecule has 1 aromatic carbocycles. The van der Waals surface area contributed by atoms with Gasteiger partial charge in [-0.2, -0.15) is 0 Å². The summed E-state index contributed by atoms with van der Waals surface area (Å²) >= 11 is 0. The Balaban J connectivity index is 1.81. The van der Waals surface area contributed by atoms with E-state index in [-0.39, 0.29) is 5.91 Å². The normalized spacial score (nSPS) is 19.2. The van der Waals surface area contributed by atoms with Gasteiger partial charge in [0.2, 0.25) is 5.91 Å². The maximum Gasteiger partial charge on any atom is 0.217 e. The van der Waals surface area contributed by atoms with Crippen LogP contribution in [0.2, 0.25) is 0 Å². The number of nitrogens with zero attached hydrogens (tertiary/aromatic N) is 2. The predicted octanol–water partition coefficient (Wildman–Crippen LogP) is 2.33. The maximum absolute atomic E-state index is 11.1.